The molecule has 0 aliphatic heterocycles. The maximum Gasteiger partial charge on any atom is 0.162 e. The molecule has 0 N–H and O–H groups in total. The molecule has 0 unspecified atom stereocenters. The fraction of sp³-hybridized carbons (Fsp3) is 0.520. The van der Waals surface area contributed by atoms with Crippen molar-refractivity contribution < 1.29 is 4.74 Å². The van der Waals surface area contributed by atoms with Crippen LogP contribution in [0, 0.1) is 5.92 Å². The molecule has 3 aromatic rings. The second-order valence-electron chi connectivity index (χ2n) is 8.97. The lowest BCUT2D eigenvalue weighted by Crippen LogP contribution is -2.18. The van der Waals surface area contributed by atoms with Crippen molar-refractivity contribution in [1.29, 1.82) is 0 Å². The van der Waals surface area contributed by atoms with Crippen LogP contribution >= 0.6 is 0 Å². The molecule has 0 saturated heterocycles. The Balaban J connectivity index is 1.67. The van der Waals surface area contributed by atoms with Gasteiger partial charge < -0.3 is 9.64 Å². The molecule has 0 atom stereocenters. The summed E-state index contributed by atoms with van der Waals surface area (Å²) in [6.07, 6.45) is 6.91. The van der Waals surface area contributed by atoms with Crippen molar-refractivity contribution in [2.75, 3.05) is 20.2 Å². The third-order valence-electron chi connectivity index (χ3n) is 5.76. The van der Waals surface area contributed by atoms with Gasteiger partial charge in [0.15, 0.2) is 5.65 Å². The van der Waals surface area contributed by atoms with Gasteiger partial charge in [-0.3, -0.25) is 0 Å². The number of hydrogen-bond donors (Lipinski definition) is 0. The van der Waals surface area contributed by atoms with Gasteiger partial charge >= 0.3 is 0 Å². The maximum absolute atomic E-state index is 6.24. The van der Waals surface area contributed by atoms with Crippen molar-refractivity contribution in [1.82, 2.24) is 19.7 Å². The number of hydrogen-bond acceptors (Lipinski definition) is 4. The van der Waals surface area contributed by atoms with Gasteiger partial charge in [-0.2, -0.15) is 5.10 Å². The largest absolute Gasteiger partial charge is 0.492 e. The summed E-state index contributed by atoms with van der Waals surface area (Å²) in [7, 11) is 2.19. The standard InChI is InChI=1S/C25H34N4O/c1-5-6-12-28(4)16-20-8-7-9-21(13-20)23-14-24(30-17-19-10-11-19)22-15-26-29(18(2)3)25(22)27-23/h7-9,13-15,18-19H,5-6,10-12,16-17H2,1-4H3. The Labute approximate surface area is 180 Å². The predicted molar refractivity (Wildman–Crippen MR) is 123 cm³/mol. The Bertz CT molecular complexity index is 990. The first-order valence-corrected chi connectivity index (χ1v) is 11.3. The van der Waals surface area contributed by atoms with Gasteiger partial charge in [0.05, 0.1) is 23.9 Å². The van der Waals surface area contributed by atoms with Gasteiger partial charge in [-0.1, -0.05) is 31.5 Å². The Morgan fingerprint density at radius 1 is 1.23 bits per heavy atom. The number of unbranched alkanes of at least 4 members (excludes halogenated alkanes) is 1. The lowest BCUT2D eigenvalue weighted by Gasteiger charge is -2.17. The van der Waals surface area contributed by atoms with E-state index in [1.807, 2.05) is 10.9 Å². The number of pyridine rings is 1. The van der Waals surface area contributed by atoms with Crippen LogP contribution in [0.5, 0.6) is 5.75 Å². The Morgan fingerprint density at radius 2 is 2.07 bits per heavy atom. The van der Waals surface area contributed by atoms with Gasteiger partial charge in [0.1, 0.15) is 5.75 Å². The van der Waals surface area contributed by atoms with Crippen LogP contribution in [0.4, 0.5) is 0 Å². The zero-order chi connectivity index (χ0) is 21.1. The fourth-order valence-corrected chi connectivity index (χ4v) is 3.77. The van der Waals surface area contributed by atoms with Crippen LogP contribution in [0.15, 0.2) is 36.5 Å². The highest BCUT2D eigenvalue weighted by Crippen LogP contribution is 2.34. The minimum absolute atomic E-state index is 0.250. The van der Waals surface area contributed by atoms with Crippen molar-refractivity contribution in [3.63, 3.8) is 0 Å². The van der Waals surface area contributed by atoms with Crippen molar-refractivity contribution in [3.05, 3.63) is 42.1 Å². The molecule has 1 aromatic carbocycles. The lowest BCUT2D eigenvalue weighted by molar-refractivity contribution is 0.303. The molecule has 2 heterocycles. The molecule has 30 heavy (non-hydrogen) atoms. The van der Waals surface area contributed by atoms with Gasteiger partial charge in [0.25, 0.3) is 0 Å². The molecule has 1 fully saturated rings. The average Bonchev–Trinajstić information content (AvgIpc) is 3.46. The van der Waals surface area contributed by atoms with E-state index in [0.29, 0.717) is 5.92 Å². The number of benzene rings is 1. The predicted octanol–water partition coefficient (Wildman–Crippen LogP) is 5.70. The number of ether oxygens (including phenoxy) is 1. The molecule has 0 amide bonds. The molecule has 2 aromatic heterocycles. The quantitative estimate of drug-likeness (QED) is 0.433. The van der Waals surface area contributed by atoms with Crippen molar-refractivity contribution in [2.24, 2.45) is 5.92 Å². The van der Waals surface area contributed by atoms with E-state index in [2.05, 4.69) is 68.1 Å². The normalized spacial score (nSPS) is 14.2. The third-order valence-corrected chi connectivity index (χ3v) is 5.76. The summed E-state index contributed by atoms with van der Waals surface area (Å²) in [6.45, 7) is 9.37. The molecule has 5 heteroatoms. The molecular formula is C25H34N4O. The molecule has 1 aliphatic carbocycles. The smallest absolute Gasteiger partial charge is 0.162 e. The van der Waals surface area contributed by atoms with Gasteiger partial charge in [-0.05, 0) is 64.3 Å². The summed E-state index contributed by atoms with van der Waals surface area (Å²) in [4.78, 5) is 7.39. The zero-order valence-electron chi connectivity index (χ0n) is 18.8. The molecule has 5 nitrogen and oxygen atoms in total. The van der Waals surface area contributed by atoms with Crippen LogP contribution < -0.4 is 4.74 Å². The van der Waals surface area contributed by atoms with E-state index >= 15 is 0 Å². The Hall–Kier alpha value is -2.40. The highest BCUT2D eigenvalue weighted by Gasteiger charge is 2.23. The summed E-state index contributed by atoms with van der Waals surface area (Å²) >= 11 is 0. The summed E-state index contributed by atoms with van der Waals surface area (Å²) in [5.41, 5.74) is 4.30. The maximum atomic E-state index is 6.24. The van der Waals surface area contributed by atoms with E-state index in [9.17, 15) is 0 Å². The van der Waals surface area contributed by atoms with Crippen LogP contribution in [0.25, 0.3) is 22.3 Å². The number of aromatic nitrogens is 3. The number of rotatable bonds is 10. The monoisotopic (exact) mass is 406 g/mol. The second kappa shape index (κ2) is 9.17. The Kier molecular flexibility index (Phi) is 6.38. The lowest BCUT2D eigenvalue weighted by atomic mass is 10.1. The molecule has 0 radical (unpaired) electrons. The Morgan fingerprint density at radius 3 is 2.80 bits per heavy atom. The molecule has 0 bridgehead atoms. The minimum atomic E-state index is 0.250. The van der Waals surface area contributed by atoms with E-state index in [1.165, 1.54) is 31.2 Å². The first kappa shape index (κ1) is 20.9. The topological polar surface area (TPSA) is 43.2 Å². The SMILES string of the molecule is CCCCN(C)Cc1cccc(-c2cc(OCC3CC3)c3cnn(C(C)C)c3n2)c1. The van der Waals surface area contributed by atoms with Crippen LogP contribution in [0.3, 0.4) is 0 Å². The summed E-state index contributed by atoms with van der Waals surface area (Å²) in [5.74, 6) is 1.61. The number of fused-ring (bicyclic) bond motifs is 1. The molecule has 1 saturated carbocycles. The van der Waals surface area contributed by atoms with Gasteiger partial charge in [-0.25, -0.2) is 9.67 Å². The minimum Gasteiger partial charge on any atom is -0.492 e. The van der Waals surface area contributed by atoms with E-state index in [0.717, 1.165) is 47.7 Å². The molecular weight excluding hydrogens is 372 g/mol. The highest BCUT2D eigenvalue weighted by atomic mass is 16.5. The van der Waals surface area contributed by atoms with E-state index in [-0.39, 0.29) is 6.04 Å². The van der Waals surface area contributed by atoms with Gasteiger partial charge in [0, 0.05) is 24.2 Å². The summed E-state index contributed by atoms with van der Waals surface area (Å²) in [5, 5.41) is 5.59. The van der Waals surface area contributed by atoms with Crippen LogP contribution in [0.1, 0.15) is 58.1 Å². The third kappa shape index (κ3) is 4.84. The van der Waals surface area contributed by atoms with E-state index < -0.39 is 0 Å². The summed E-state index contributed by atoms with van der Waals surface area (Å²) < 4.78 is 8.23. The second-order valence-corrected chi connectivity index (χ2v) is 8.97. The first-order chi connectivity index (χ1) is 14.5. The zero-order valence-corrected chi connectivity index (χ0v) is 18.8. The molecule has 0 spiro atoms. The fourth-order valence-electron chi connectivity index (χ4n) is 3.77. The van der Waals surface area contributed by atoms with Crippen LogP contribution in [0.2, 0.25) is 0 Å². The molecule has 1 aliphatic rings. The van der Waals surface area contributed by atoms with Gasteiger partial charge in [0.2, 0.25) is 0 Å². The molecule has 160 valence electrons. The van der Waals surface area contributed by atoms with Crippen LogP contribution in [-0.4, -0.2) is 39.9 Å². The van der Waals surface area contributed by atoms with Crippen molar-refractivity contribution in [2.45, 2.75) is 59.0 Å². The first-order valence-electron chi connectivity index (χ1n) is 11.3. The van der Waals surface area contributed by atoms with E-state index in [1.54, 1.807) is 0 Å². The number of nitrogens with zero attached hydrogens (tertiary/aromatic N) is 4. The van der Waals surface area contributed by atoms with Crippen molar-refractivity contribution >= 4 is 11.0 Å². The van der Waals surface area contributed by atoms with Crippen molar-refractivity contribution in [3.8, 4) is 17.0 Å². The van der Waals surface area contributed by atoms with Gasteiger partial charge in [-0.15, -0.1) is 0 Å². The van der Waals surface area contributed by atoms with Crippen LogP contribution in [-0.2, 0) is 6.54 Å². The summed E-state index contributed by atoms with van der Waals surface area (Å²) in [6, 6.07) is 11.1. The average molecular weight is 407 g/mol. The van der Waals surface area contributed by atoms with E-state index in [4.69, 9.17) is 9.72 Å². The molecule has 4 rings (SSSR count). The highest BCUT2D eigenvalue weighted by molar-refractivity contribution is 5.85.